The summed E-state index contributed by atoms with van der Waals surface area (Å²) < 4.78 is 5.46. The molecule has 1 aromatic rings. The standard InChI is InChI=1S/C16H24N2O2/c1-4-8-18-16(19)12-20-15-7-5-6-14(9-15)11-17-10-13(2)3/h4-7,9,13,17H,1,8,10-12H2,2-3H3,(H,18,19). The van der Waals surface area contributed by atoms with Crippen LogP contribution in [0, 0.1) is 5.92 Å². The molecule has 0 fully saturated rings. The Bertz CT molecular complexity index is 430. The predicted octanol–water partition coefficient (Wildman–Crippen LogP) is 2.11. The number of hydrogen-bond acceptors (Lipinski definition) is 3. The van der Waals surface area contributed by atoms with Gasteiger partial charge in [0.2, 0.25) is 0 Å². The molecule has 0 saturated carbocycles. The molecule has 0 aliphatic carbocycles. The molecule has 0 unspecified atom stereocenters. The van der Waals surface area contributed by atoms with E-state index in [0.29, 0.717) is 18.2 Å². The highest BCUT2D eigenvalue weighted by molar-refractivity contribution is 5.77. The molecule has 4 nitrogen and oxygen atoms in total. The Morgan fingerprint density at radius 1 is 1.45 bits per heavy atom. The smallest absolute Gasteiger partial charge is 0.258 e. The van der Waals surface area contributed by atoms with Crippen molar-refractivity contribution in [3.63, 3.8) is 0 Å². The van der Waals surface area contributed by atoms with Gasteiger partial charge in [0.05, 0.1) is 0 Å². The van der Waals surface area contributed by atoms with Crippen molar-refractivity contribution in [1.29, 1.82) is 0 Å². The lowest BCUT2D eigenvalue weighted by molar-refractivity contribution is -0.122. The van der Waals surface area contributed by atoms with Crippen molar-refractivity contribution in [1.82, 2.24) is 10.6 Å². The van der Waals surface area contributed by atoms with Crippen molar-refractivity contribution in [2.45, 2.75) is 20.4 Å². The zero-order chi connectivity index (χ0) is 14.8. The molecule has 0 heterocycles. The molecule has 20 heavy (non-hydrogen) atoms. The molecule has 0 aliphatic rings. The maximum atomic E-state index is 11.4. The van der Waals surface area contributed by atoms with Crippen LogP contribution in [-0.2, 0) is 11.3 Å². The maximum Gasteiger partial charge on any atom is 0.258 e. The number of rotatable bonds is 9. The molecule has 0 radical (unpaired) electrons. The SMILES string of the molecule is C=CCNC(=O)COc1cccc(CNCC(C)C)c1. The van der Waals surface area contributed by atoms with Crippen molar-refractivity contribution in [3.05, 3.63) is 42.5 Å². The van der Waals surface area contributed by atoms with Crippen LogP contribution in [0.15, 0.2) is 36.9 Å². The van der Waals surface area contributed by atoms with Crippen LogP contribution < -0.4 is 15.4 Å². The van der Waals surface area contributed by atoms with Gasteiger partial charge in [-0.2, -0.15) is 0 Å². The molecule has 0 spiro atoms. The zero-order valence-electron chi connectivity index (χ0n) is 12.3. The molecule has 0 saturated heterocycles. The third-order valence-electron chi connectivity index (χ3n) is 2.59. The zero-order valence-corrected chi connectivity index (χ0v) is 12.3. The molecule has 0 atom stereocenters. The number of amides is 1. The molecule has 110 valence electrons. The first-order valence-electron chi connectivity index (χ1n) is 6.92. The molecular weight excluding hydrogens is 252 g/mol. The number of benzene rings is 1. The summed E-state index contributed by atoms with van der Waals surface area (Å²) in [6.45, 7) is 10.2. The summed E-state index contributed by atoms with van der Waals surface area (Å²) in [5.74, 6) is 1.19. The van der Waals surface area contributed by atoms with Crippen LogP contribution in [0.2, 0.25) is 0 Å². The van der Waals surface area contributed by atoms with Gasteiger partial charge in [-0.3, -0.25) is 4.79 Å². The topological polar surface area (TPSA) is 50.4 Å². The molecule has 1 rings (SSSR count). The largest absolute Gasteiger partial charge is 0.484 e. The minimum atomic E-state index is -0.145. The van der Waals surface area contributed by atoms with Crippen LogP contribution in [0.25, 0.3) is 0 Å². The van der Waals surface area contributed by atoms with Crippen LogP contribution in [0.3, 0.4) is 0 Å². The van der Waals surface area contributed by atoms with E-state index in [1.807, 2.05) is 24.3 Å². The van der Waals surface area contributed by atoms with E-state index in [2.05, 4.69) is 31.1 Å². The fourth-order valence-corrected chi connectivity index (χ4v) is 1.64. The van der Waals surface area contributed by atoms with Crippen molar-refractivity contribution in [2.24, 2.45) is 5.92 Å². The lowest BCUT2D eigenvalue weighted by atomic mass is 10.2. The second-order valence-electron chi connectivity index (χ2n) is 5.05. The summed E-state index contributed by atoms with van der Waals surface area (Å²) in [7, 11) is 0. The van der Waals surface area contributed by atoms with E-state index in [-0.39, 0.29) is 12.5 Å². The van der Waals surface area contributed by atoms with Gasteiger partial charge >= 0.3 is 0 Å². The third kappa shape index (κ3) is 6.95. The Hall–Kier alpha value is -1.81. The first kappa shape index (κ1) is 16.2. The molecule has 1 aromatic carbocycles. The highest BCUT2D eigenvalue weighted by atomic mass is 16.5. The van der Waals surface area contributed by atoms with E-state index in [1.54, 1.807) is 6.08 Å². The quantitative estimate of drug-likeness (QED) is 0.679. The summed E-state index contributed by atoms with van der Waals surface area (Å²) in [5, 5.41) is 6.04. The highest BCUT2D eigenvalue weighted by Gasteiger charge is 2.02. The summed E-state index contributed by atoms with van der Waals surface area (Å²) in [6, 6.07) is 7.78. The summed E-state index contributed by atoms with van der Waals surface area (Å²) in [6.07, 6.45) is 1.64. The normalized spacial score (nSPS) is 10.3. The first-order valence-corrected chi connectivity index (χ1v) is 6.92. The molecule has 4 heteroatoms. The number of hydrogen-bond donors (Lipinski definition) is 2. The van der Waals surface area contributed by atoms with Gasteiger partial charge in [0, 0.05) is 13.1 Å². The fourth-order valence-electron chi connectivity index (χ4n) is 1.64. The molecule has 0 aliphatic heterocycles. The lowest BCUT2D eigenvalue weighted by Crippen LogP contribution is -2.28. The van der Waals surface area contributed by atoms with Crippen LogP contribution in [-0.4, -0.2) is 25.6 Å². The Morgan fingerprint density at radius 3 is 2.95 bits per heavy atom. The number of carbonyl (C=O) groups excluding carboxylic acids is 1. The maximum absolute atomic E-state index is 11.4. The average Bonchev–Trinajstić information content (AvgIpc) is 2.43. The van der Waals surface area contributed by atoms with Gasteiger partial charge in [-0.15, -0.1) is 6.58 Å². The lowest BCUT2D eigenvalue weighted by Gasteiger charge is -2.10. The van der Waals surface area contributed by atoms with Crippen LogP contribution in [0.5, 0.6) is 5.75 Å². The van der Waals surface area contributed by atoms with Crippen LogP contribution >= 0.6 is 0 Å². The van der Waals surface area contributed by atoms with Crippen LogP contribution in [0.4, 0.5) is 0 Å². The van der Waals surface area contributed by atoms with E-state index in [9.17, 15) is 4.79 Å². The monoisotopic (exact) mass is 276 g/mol. The molecule has 0 bridgehead atoms. The average molecular weight is 276 g/mol. The predicted molar refractivity (Wildman–Crippen MR) is 81.7 cm³/mol. The van der Waals surface area contributed by atoms with Gasteiger partial charge < -0.3 is 15.4 Å². The second-order valence-corrected chi connectivity index (χ2v) is 5.05. The van der Waals surface area contributed by atoms with E-state index >= 15 is 0 Å². The Balaban J connectivity index is 2.39. The van der Waals surface area contributed by atoms with Gasteiger partial charge in [-0.1, -0.05) is 32.1 Å². The van der Waals surface area contributed by atoms with Crippen molar-refractivity contribution in [3.8, 4) is 5.75 Å². The Labute approximate surface area is 121 Å². The van der Waals surface area contributed by atoms with Crippen molar-refractivity contribution < 1.29 is 9.53 Å². The molecular formula is C16H24N2O2. The fraction of sp³-hybridized carbons (Fsp3) is 0.438. The van der Waals surface area contributed by atoms with Gasteiger partial charge in [0.15, 0.2) is 6.61 Å². The number of ether oxygens (including phenoxy) is 1. The van der Waals surface area contributed by atoms with Gasteiger partial charge in [0.1, 0.15) is 5.75 Å². The highest BCUT2D eigenvalue weighted by Crippen LogP contribution is 2.13. The molecule has 2 N–H and O–H groups in total. The van der Waals surface area contributed by atoms with Gasteiger partial charge in [0.25, 0.3) is 5.91 Å². The number of nitrogens with one attached hydrogen (secondary N) is 2. The number of carbonyl (C=O) groups is 1. The van der Waals surface area contributed by atoms with Gasteiger partial charge in [-0.25, -0.2) is 0 Å². The first-order chi connectivity index (χ1) is 9.61. The van der Waals surface area contributed by atoms with E-state index in [0.717, 1.165) is 18.7 Å². The summed E-state index contributed by atoms with van der Waals surface area (Å²) >= 11 is 0. The van der Waals surface area contributed by atoms with E-state index < -0.39 is 0 Å². The van der Waals surface area contributed by atoms with Gasteiger partial charge in [-0.05, 0) is 30.2 Å². The minimum absolute atomic E-state index is 0.0245. The Kier molecular flexibility index (Phi) is 7.43. The van der Waals surface area contributed by atoms with E-state index in [1.165, 1.54) is 0 Å². The van der Waals surface area contributed by atoms with Crippen molar-refractivity contribution >= 4 is 5.91 Å². The minimum Gasteiger partial charge on any atom is -0.484 e. The van der Waals surface area contributed by atoms with Crippen LogP contribution in [0.1, 0.15) is 19.4 Å². The van der Waals surface area contributed by atoms with E-state index in [4.69, 9.17) is 4.74 Å². The molecule has 0 aromatic heterocycles. The molecule has 1 amide bonds. The third-order valence-corrected chi connectivity index (χ3v) is 2.59. The summed E-state index contributed by atoms with van der Waals surface area (Å²) in [4.78, 5) is 11.4. The van der Waals surface area contributed by atoms with Crippen molar-refractivity contribution in [2.75, 3.05) is 19.7 Å². The summed E-state index contributed by atoms with van der Waals surface area (Å²) in [5.41, 5.74) is 1.15. The second kappa shape index (κ2) is 9.15. The Morgan fingerprint density at radius 2 is 2.25 bits per heavy atom.